The molecule has 1 N–H and O–H groups in total. The van der Waals surface area contributed by atoms with Crippen LogP contribution in [0.25, 0.3) is 10.1 Å². The van der Waals surface area contributed by atoms with E-state index in [4.69, 9.17) is 0 Å². The highest BCUT2D eigenvalue weighted by molar-refractivity contribution is 7.22. The molecule has 19 heavy (non-hydrogen) atoms. The molecule has 0 amide bonds. The summed E-state index contributed by atoms with van der Waals surface area (Å²) < 4.78 is 1.10. The Morgan fingerprint density at radius 2 is 2.00 bits per heavy atom. The predicted molar refractivity (Wildman–Crippen MR) is 79.0 cm³/mol. The number of nitrogens with one attached hydrogen (secondary N) is 1. The van der Waals surface area contributed by atoms with Crippen molar-refractivity contribution in [3.63, 3.8) is 0 Å². The molecule has 1 aromatic carbocycles. The van der Waals surface area contributed by atoms with Crippen LogP contribution >= 0.6 is 11.3 Å². The lowest BCUT2D eigenvalue weighted by atomic mass is 9.96. The van der Waals surface area contributed by atoms with Crippen LogP contribution in [0.4, 0.5) is 10.7 Å². The number of rotatable bonds is 3. The summed E-state index contributed by atoms with van der Waals surface area (Å²) in [5, 5.41) is 16.4. The maximum Gasteiger partial charge on any atom is 0.270 e. The molecular formula is C14H16N2O2S. The van der Waals surface area contributed by atoms with Crippen molar-refractivity contribution in [2.45, 2.75) is 38.1 Å². The second-order valence-electron chi connectivity index (χ2n) is 5.07. The molecule has 100 valence electrons. The number of non-ortho nitro benzene ring substituents is 1. The highest BCUT2D eigenvalue weighted by atomic mass is 32.1. The molecule has 0 aliphatic heterocycles. The van der Waals surface area contributed by atoms with Gasteiger partial charge in [0.1, 0.15) is 0 Å². The molecule has 0 saturated heterocycles. The van der Waals surface area contributed by atoms with E-state index < -0.39 is 0 Å². The van der Waals surface area contributed by atoms with Gasteiger partial charge in [0, 0.05) is 28.3 Å². The number of benzene rings is 1. The lowest BCUT2D eigenvalue weighted by molar-refractivity contribution is -0.384. The molecule has 1 fully saturated rings. The van der Waals surface area contributed by atoms with Gasteiger partial charge in [-0.2, -0.15) is 0 Å². The molecule has 0 bridgehead atoms. The van der Waals surface area contributed by atoms with Gasteiger partial charge in [-0.05, 0) is 25.0 Å². The van der Waals surface area contributed by atoms with E-state index in [1.165, 1.54) is 32.1 Å². The van der Waals surface area contributed by atoms with Crippen LogP contribution in [-0.4, -0.2) is 11.0 Å². The van der Waals surface area contributed by atoms with Crippen LogP contribution in [-0.2, 0) is 0 Å². The Labute approximate surface area is 115 Å². The third-order valence-electron chi connectivity index (χ3n) is 3.66. The highest BCUT2D eigenvalue weighted by Gasteiger charge is 2.15. The van der Waals surface area contributed by atoms with Crippen LogP contribution in [0, 0.1) is 10.1 Å². The first-order chi connectivity index (χ1) is 9.22. The molecule has 0 radical (unpaired) electrons. The normalized spacial score (nSPS) is 16.6. The molecule has 1 heterocycles. The first-order valence-electron chi connectivity index (χ1n) is 6.67. The fourth-order valence-corrected chi connectivity index (χ4v) is 3.68. The van der Waals surface area contributed by atoms with Crippen molar-refractivity contribution in [1.82, 2.24) is 0 Å². The van der Waals surface area contributed by atoms with Crippen molar-refractivity contribution in [1.29, 1.82) is 0 Å². The Morgan fingerprint density at radius 1 is 1.21 bits per heavy atom. The average Bonchev–Trinajstić information content (AvgIpc) is 2.80. The van der Waals surface area contributed by atoms with E-state index in [-0.39, 0.29) is 10.6 Å². The third-order valence-corrected chi connectivity index (χ3v) is 4.71. The second-order valence-corrected chi connectivity index (χ2v) is 6.15. The van der Waals surface area contributed by atoms with Crippen molar-refractivity contribution in [2.75, 3.05) is 5.32 Å². The maximum atomic E-state index is 10.8. The van der Waals surface area contributed by atoms with E-state index >= 15 is 0 Å². The molecule has 3 rings (SSSR count). The van der Waals surface area contributed by atoms with Gasteiger partial charge in [-0.25, -0.2) is 0 Å². The zero-order chi connectivity index (χ0) is 13.2. The fraction of sp³-hybridized carbons (Fsp3) is 0.429. The monoisotopic (exact) mass is 276 g/mol. The Bertz CT molecular complexity index is 603. The quantitative estimate of drug-likeness (QED) is 0.660. The molecule has 1 aliphatic rings. The largest absolute Gasteiger partial charge is 0.374 e. The predicted octanol–water partition coefficient (Wildman–Crippen LogP) is 4.55. The van der Waals surface area contributed by atoms with Crippen LogP contribution in [0.1, 0.15) is 32.1 Å². The summed E-state index contributed by atoms with van der Waals surface area (Å²) in [6.07, 6.45) is 6.40. The third kappa shape index (κ3) is 2.71. The van der Waals surface area contributed by atoms with E-state index in [0.717, 1.165) is 15.1 Å². The van der Waals surface area contributed by atoms with E-state index in [9.17, 15) is 10.1 Å². The maximum absolute atomic E-state index is 10.8. The van der Waals surface area contributed by atoms with Gasteiger partial charge in [-0.3, -0.25) is 10.1 Å². The number of hydrogen-bond donors (Lipinski definition) is 1. The molecule has 4 nitrogen and oxygen atoms in total. The summed E-state index contributed by atoms with van der Waals surface area (Å²) in [5.41, 5.74) is 0.162. The van der Waals surface area contributed by atoms with Gasteiger partial charge in [0.15, 0.2) is 0 Å². The minimum absolute atomic E-state index is 0.162. The van der Waals surface area contributed by atoms with Crippen LogP contribution in [0.15, 0.2) is 24.3 Å². The van der Waals surface area contributed by atoms with Crippen LogP contribution in [0.2, 0.25) is 0 Å². The molecule has 5 heteroatoms. The van der Waals surface area contributed by atoms with Crippen LogP contribution in [0.5, 0.6) is 0 Å². The van der Waals surface area contributed by atoms with E-state index in [2.05, 4.69) is 5.32 Å². The summed E-state index contributed by atoms with van der Waals surface area (Å²) in [7, 11) is 0. The summed E-state index contributed by atoms with van der Waals surface area (Å²) in [5.74, 6) is 0. The number of fused-ring (bicyclic) bond motifs is 1. The van der Waals surface area contributed by atoms with E-state index in [0.29, 0.717) is 6.04 Å². The number of anilines is 1. The van der Waals surface area contributed by atoms with Gasteiger partial charge in [0.25, 0.3) is 5.69 Å². The van der Waals surface area contributed by atoms with Gasteiger partial charge in [-0.1, -0.05) is 19.3 Å². The molecular weight excluding hydrogens is 260 g/mol. The molecule has 1 saturated carbocycles. The molecule has 0 spiro atoms. The van der Waals surface area contributed by atoms with Crippen molar-refractivity contribution in [3.05, 3.63) is 34.4 Å². The first-order valence-corrected chi connectivity index (χ1v) is 7.48. The molecule has 0 atom stereocenters. The van der Waals surface area contributed by atoms with Crippen molar-refractivity contribution in [3.8, 4) is 0 Å². The number of nitro groups is 1. The number of nitro benzene ring substituents is 1. The smallest absolute Gasteiger partial charge is 0.270 e. The zero-order valence-corrected chi connectivity index (χ0v) is 11.4. The Morgan fingerprint density at radius 3 is 2.74 bits per heavy atom. The molecule has 1 aliphatic carbocycles. The number of thiophene rings is 1. The van der Waals surface area contributed by atoms with Gasteiger partial charge in [0.05, 0.1) is 9.92 Å². The first kappa shape index (κ1) is 12.4. The summed E-state index contributed by atoms with van der Waals surface area (Å²) >= 11 is 1.68. The van der Waals surface area contributed by atoms with Crippen molar-refractivity contribution in [2.24, 2.45) is 0 Å². The lowest BCUT2D eigenvalue weighted by Gasteiger charge is -2.22. The number of hydrogen-bond acceptors (Lipinski definition) is 4. The van der Waals surface area contributed by atoms with Gasteiger partial charge in [0.2, 0.25) is 0 Å². The van der Waals surface area contributed by atoms with Crippen molar-refractivity contribution >= 4 is 32.1 Å². The topological polar surface area (TPSA) is 55.2 Å². The average molecular weight is 276 g/mol. The molecule has 0 unspecified atom stereocenters. The summed E-state index contributed by atoms with van der Waals surface area (Å²) in [6.45, 7) is 0. The molecule has 1 aromatic heterocycles. The Kier molecular flexibility index (Phi) is 3.38. The van der Waals surface area contributed by atoms with Crippen molar-refractivity contribution < 1.29 is 4.92 Å². The van der Waals surface area contributed by atoms with Gasteiger partial charge in [-0.15, -0.1) is 11.3 Å². The Balaban J connectivity index is 1.82. The highest BCUT2D eigenvalue weighted by Crippen LogP contribution is 2.33. The number of nitrogens with zero attached hydrogens (tertiary/aromatic N) is 1. The fourth-order valence-electron chi connectivity index (χ4n) is 2.66. The lowest BCUT2D eigenvalue weighted by Crippen LogP contribution is -2.21. The minimum Gasteiger partial charge on any atom is -0.374 e. The van der Waals surface area contributed by atoms with Crippen LogP contribution < -0.4 is 5.32 Å². The summed E-state index contributed by atoms with van der Waals surface area (Å²) in [4.78, 5) is 10.4. The van der Waals surface area contributed by atoms with Gasteiger partial charge >= 0.3 is 0 Å². The summed E-state index contributed by atoms with van der Waals surface area (Å²) in [6, 6.07) is 7.66. The molecule has 2 aromatic rings. The second kappa shape index (κ2) is 5.17. The SMILES string of the molecule is O=[N+]([O-])c1ccc2sc(NC3CCCCC3)cc2c1. The standard InChI is InChI=1S/C14H16N2O2S/c17-16(18)12-6-7-13-10(8-12)9-14(19-13)15-11-4-2-1-3-5-11/h6-9,11,15H,1-5H2. The van der Waals surface area contributed by atoms with Gasteiger partial charge < -0.3 is 5.32 Å². The Hall–Kier alpha value is -1.62. The van der Waals surface area contributed by atoms with E-state index in [1.807, 2.05) is 12.1 Å². The minimum atomic E-state index is -0.342. The zero-order valence-electron chi connectivity index (χ0n) is 10.6. The van der Waals surface area contributed by atoms with E-state index in [1.54, 1.807) is 23.5 Å². The van der Waals surface area contributed by atoms with Crippen LogP contribution in [0.3, 0.4) is 0 Å².